The number of nitrogens with two attached hydrogens (primary N) is 1. The molecule has 3 N–H and O–H groups in total. The van der Waals surface area contributed by atoms with Crippen LogP contribution in [0.4, 0.5) is 11.5 Å². The summed E-state index contributed by atoms with van der Waals surface area (Å²) in [4.78, 5) is 13.1. The molecule has 3 rings (SSSR count). The van der Waals surface area contributed by atoms with Gasteiger partial charge in [0.15, 0.2) is 3.95 Å². The molecule has 1 saturated heterocycles. The molecule has 25 heavy (non-hydrogen) atoms. The van der Waals surface area contributed by atoms with Gasteiger partial charge < -0.3 is 25.1 Å². The standard InChI is InChI=1S/C17H21N3O3S2/c1-2-22-13-8-4-3-7-12(13)19-16(21)14-15(18)20(17(24)25-14)10-11-6-5-9-23-11/h3-4,7-8,11H,2,5-6,9-10,18H2,1H3,(H,19,21). The second-order valence-corrected chi connectivity index (χ2v) is 7.36. The molecule has 0 aliphatic carbocycles. The van der Waals surface area contributed by atoms with Crippen LogP contribution in [0.2, 0.25) is 0 Å². The summed E-state index contributed by atoms with van der Waals surface area (Å²) in [6.45, 7) is 3.77. The van der Waals surface area contributed by atoms with Gasteiger partial charge >= 0.3 is 0 Å². The molecule has 1 aliphatic heterocycles. The van der Waals surface area contributed by atoms with Crippen molar-refractivity contribution in [3.8, 4) is 5.75 Å². The predicted octanol–water partition coefficient (Wildman–Crippen LogP) is 3.69. The Bertz CT molecular complexity index is 810. The minimum atomic E-state index is -0.285. The van der Waals surface area contributed by atoms with Gasteiger partial charge in [0.1, 0.15) is 16.4 Å². The summed E-state index contributed by atoms with van der Waals surface area (Å²) in [5.74, 6) is 0.725. The largest absolute Gasteiger partial charge is 0.492 e. The third-order valence-corrected chi connectivity index (χ3v) is 5.45. The van der Waals surface area contributed by atoms with E-state index >= 15 is 0 Å². The Kier molecular flexibility index (Phi) is 5.72. The highest BCUT2D eigenvalue weighted by atomic mass is 32.1. The third-order valence-electron chi connectivity index (χ3n) is 3.98. The van der Waals surface area contributed by atoms with Crippen molar-refractivity contribution in [3.05, 3.63) is 33.1 Å². The number of nitrogens with one attached hydrogen (secondary N) is 1. The second-order valence-electron chi connectivity index (χ2n) is 5.71. The van der Waals surface area contributed by atoms with Gasteiger partial charge in [-0.3, -0.25) is 4.79 Å². The zero-order chi connectivity index (χ0) is 17.8. The van der Waals surface area contributed by atoms with Crippen LogP contribution in [-0.2, 0) is 11.3 Å². The number of benzene rings is 1. The van der Waals surface area contributed by atoms with Gasteiger partial charge in [-0.1, -0.05) is 23.5 Å². The normalized spacial score (nSPS) is 16.8. The lowest BCUT2D eigenvalue weighted by Crippen LogP contribution is -2.18. The lowest BCUT2D eigenvalue weighted by atomic mass is 10.2. The predicted molar refractivity (Wildman–Crippen MR) is 102 cm³/mol. The number of hydrogen-bond donors (Lipinski definition) is 2. The molecule has 134 valence electrons. The number of nitrogens with zero attached hydrogens (tertiary/aromatic N) is 1. The first-order valence-electron chi connectivity index (χ1n) is 8.24. The number of carbonyl (C=O) groups excluding carboxylic acids is 1. The van der Waals surface area contributed by atoms with E-state index in [0.29, 0.717) is 39.2 Å². The average Bonchev–Trinajstić information content (AvgIpc) is 3.20. The van der Waals surface area contributed by atoms with Crippen LogP contribution in [0.15, 0.2) is 24.3 Å². The molecule has 1 amide bonds. The van der Waals surface area contributed by atoms with Gasteiger partial charge in [0.2, 0.25) is 0 Å². The molecular weight excluding hydrogens is 358 g/mol. The highest BCUT2D eigenvalue weighted by Gasteiger charge is 2.22. The van der Waals surface area contributed by atoms with E-state index < -0.39 is 0 Å². The monoisotopic (exact) mass is 379 g/mol. The summed E-state index contributed by atoms with van der Waals surface area (Å²) in [6, 6.07) is 7.30. The van der Waals surface area contributed by atoms with Crippen LogP contribution in [0.1, 0.15) is 29.4 Å². The topological polar surface area (TPSA) is 78.5 Å². The number of ether oxygens (including phenoxy) is 2. The SMILES string of the molecule is CCOc1ccccc1NC(=O)c1sc(=S)n(CC2CCCO2)c1N. The van der Waals surface area contributed by atoms with Crippen molar-refractivity contribution in [1.29, 1.82) is 0 Å². The van der Waals surface area contributed by atoms with E-state index in [4.69, 9.17) is 27.4 Å². The number of anilines is 2. The molecule has 0 saturated carbocycles. The molecule has 0 spiro atoms. The molecule has 1 unspecified atom stereocenters. The number of hydrogen-bond acceptors (Lipinski definition) is 6. The van der Waals surface area contributed by atoms with Crippen molar-refractivity contribution in [2.24, 2.45) is 0 Å². The maximum atomic E-state index is 12.7. The third kappa shape index (κ3) is 4.02. The molecule has 0 bridgehead atoms. The van der Waals surface area contributed by atoms with Crippen molar-refractivity contribution in [2.75, 3.05) is 24.3 Å². The molecule has 1 fully saturated rings. The summed E-state index contributed by atoms with van der Waals surface area (Å²) >= 11 is 6.60. The highest BCUT2D eigenvalue weighted by Crippen LogP contribution is 2.28. The van der Waals surface area contributed by atoms with E-state index in [0.717, 1.165) is 19.4 Å². The quantitative estimate of drug-likeness (QED) is 0.749. The molecule has 1 aromatic heterocycles. The van der Waals surface area contributed by atoms with Crippen molar-refractivity contribution in [3.63, 3.8) is 0 Å². The summed E-state index contributed by atoms with van der Waals surface area (Å²) in [6.07, 6.45) is 2.14. The lowest BCUT2D eigenvalue weighted by molar-refractivity contribution is 0.0970. The number of nitrogen functional groups attached to an aromatic ring is 1. The zero-order valence-corrected chi connectivity index (χ0v) is 15.6. The van der Waals surface area contributed by atoms with E-state index in [2.05, 4.69) is 5.32 Å². The van der Waals surface area contributed by atoms with E-state index in [-0.39, 0.29) is 12.0 Å². The summed E-state index contributed by atoms with van der Waals surface area (Å²) in [5, 5.41) is 2.86. The van der Waals surface area contributed by atoms with E-state index in [1.807, 2.05) is 25.1 Å². The zero-order valence-electron chi connectivity index (χ0n) is 14.0. The molecule has 8 heteroatoms. The number of amides is 1. The number of aromatic nitrogens is 1. The Morgan fingerprint density at radius 1 is 1.52 bits per heavy atom. The minimum Gasteiger partial charge on any atom is -0.492 e. The molecule has 2 aromatic rings. The first-order valence-corrected chi connectivity index (χ1v) is 9.46. The van der Waals surface area contributed by atoms with Gasteiger partial charge in [0.05, 0.1) is 24.9 Å². The van der Waals surface area contributed by atoms with Gasteiger partial charge in [0, 0.05) is 6.61 Å². The van der Waals surface area contributed by atoms with Crippen LogP contribution < -0.4 is 15.8 Å². The minimum absolute atomic E-state index is 0.109. The molecule has 1 aromatic carbocycles. The van der Waals surface area contributed by atoms with Crippen molar-refractivity contribution in [2.45, 2.75) is 32.4 Å². The molecule has 1 atom stereocenters. The fourth-order valence-corrected chi connectivity index (χ4v) is 4.01. The molecular formula is C17H21N3O3S2. The first kappa shape index (κ1) is 17.9. The van der Waals surface area contributed by atoms with E-state index in [9.17, 15) is 4.79 Å². The van der Waals surface area contributed by atoms with Crippen LogP contribution in [0.25, 0.3) is 0 Å². The highest BCUT2D eigenvalue weighted by molar-refractivity contribution is 7.73. The lowest BCUT2D eigenvalue weighted by Gasteiger charge is -2.13. The molecule has 1 aliphatic rings. The van der Waals surface area contributed by atoms with Crippen molar-refractivity contribution in [1.82, 2.24) is 4.57 Å². The van der Waals surface area contributed by atoms with Gasteiger partial charge in [0.25, 0.3) is 5.91 Å². The maximum absolute atomic E-state index is 12.7. The second kappa shape index (κ2) is 7.99. The number of para-hydroxylation sites is 2. The van der Waals surface area contributed by atoms with Crippen molar-refractivity contribution < 1.29 is 14.3 Å². The molecule has 6 nitrogen and oxygen atoms in total. The van der Waals surface area contributed by atoms with Crippen LogP contribution in [0.5, 0.6) is 5.75 Å². The van der Waals surface area contributed by atoms with Crippen LogP contribution in [0, 0.1) is 3.95 Å². The Hall–Kier alpha value is -1.90. The van der Waals surface area contributed by atoms with Crippen molar-refractivity contribution >= 4 is 41.0 Å². The van der Waals surface area contributed by atoms with Crippen LogP contribution in [0.3, 0.4) is 0 Å². The van der Waals surface area contributed by atoms with Gasteiger partial charge in [-0.2, -0.15) is 0 Å². The Balaban J connectivity index is 1.80. The Morgan fingerprint density at radius 3 is 3.04 bits per heavy atom. The fourth-order valence-electron chi connectivity index (χ4n) is 2.77. The van der Waals surface area contributed by atoms with E-state index in [1.165, 1.54) is 11.3 Å². The first-order chi connectivity index (χ1) is 12.1. The summed E-state index contributed by atoms with van der Waals surface area (Å²) < 4.78 is 13.5. The maximum Gasteiger partial charge on any atom is 0.269 e. The van der Waals surface area contributed by atoms with Gasteiger partial charge in [-0.15, -0.1) is 0 Å². The molecule has 0 radical (unpaired) electrons. The number of thiazole rings is 1. The smallest absolute Gasteiger partial charge is 0.269 e. The number of rotatable bonds is 6. The fraction of sp³-hybridized carbons (Fsp3) is 0.412. The number of carbonyl (C=O) groups is 1. The Morgan fingerprint density at radius 2 is 2.32 bits per heavy atom. The summed E-state index contributed by atoms with van der Waals surface area (Å²) in [5.41, 5.74) is 6.80. The summed E-state index contributed by atoms with van der Waals surface area (Å²) in [7, 11) is 0. The molecule has 2 heterocycles. The van der Waals surface area contributed by atoms with Crippen LogP contribution in [-0.4, -0.2) is 29.8 Å². The van der Waals surface area contributed by atoms with Gasteiger partial charge in [-0.05, 0) is 44.1 Å². The Labute approximate surface area is 155 Å². The average molecular weight is 380 g/mol. The van der Waals surface area contributed by atoms with Crippen LogP contribution >= 0.6 is 23.6 Å². The van der Waals surface area contributed by atoms with Gasteiger partial charge in [-0.25, -0.2) is 0 Å². The van der Waals surface area contributed by atoms with E-state index in [1.54, 1.807) is 10.6 Å².